The van der Waals surface area contributed by atoms with Crippen molar-refractivity contribution in [2.24, 2.45) is 5.92 Å². The largest absolute Gasteiger partial charge is 0.396 e. The number of aliphatic hydroxyl groups is 1. The lowest BCUT2D eigenvalue weighted by molar-refractivity contribution is -0.195. The van der Waals surface area contributed by atoms with Gasteiger partial charge in [0.1, 0.15) is 6.10 Å². The van der Waals surface area contributed by atoms with Gasteiger partial charge in [0.2, 0.25) is 0 Å². The van der Waals surface area contributed by atoms with Crippen LogP contribution in [0.4, 0.5) is 0 Å². The molecular weight excluding hydrogens is 284 g/mol. The molecule has 4 atom stereocenters. The molecule has 1 N–H and O–H groups in total. The normalized spacial score (nSPS) is 34.1. The Kier molecular flexibility index (Phi) is 4.80. The van der Waals surface area contributed by atoms with E-state index in [0.29, 0.717) is 19.6 Å². The Bertz CT molecular complexity index is 475. The van der Waals surface area contributed by atoms with Gasteiger partial charge in [-0.2, -0.15) is 0 Å². The summed E-state index contributed by atoms with van der Waals surface area (Å²) in [7, 11) is 0. The first kappa shape index (κ1) is 15.9. The van der Waals surface area contributed by atoms with Crippen LogP contribution in [0.2, 0.25) is 0 Å². The van der Waals surface area contributed by atoms with E-state index in [9.17, 15) is 5.11 Å². The van der Waals surface area contributed by atoms with Gasteiger partial charge in [-0.15, -0.1) is 0 Å². The average molecular weight is 308 g/mol. The Labute approximate surface area is 131 Å². The van der Waals surface area contributed by atoms with Crippen molar-refractivity contribution < 1.29 is 24.1 Å². The molecule has 122 valence electrons. The van der Waals surface area contributed by atoms with E-state index in [0.717, 1.165) is 5.56 Å². The molecule has 5 heteroatoms. The lowest BCUT2D eigenvalue weighted by Crippen LogP contribution is -2.37. The standard InChI is InChI=1S/C17H24O5/c1-17(2)21-15-14(19-10-12-6-4-3-5-7-12)8-13(9-18)11-20-16(15)22-17/h3-7,13-16,18H,8-11H2,1-2H3/t13-,14?,15?,16-/m1/s1. The minimum atomic E-state index is -0.671. The highest BCUT2D eigenvalue weighted by Gasteiger charge is 2.48. The van der Waals surface area contributed by atoms with Crippen LogP contribution in [0, 0.1) is 5.92 Å². The van der Waals surface area contributed by atoms with Gasteiger partial charge in [-0.25, -0.2) is 0 Å². The van der Waals surface area contributed by atoms with Gasteiger partial charge in [0.15, 0.2) is 12.1 Å². The Hall–Kier alpha value is -0.980. The molecule has 2 unspecified atom stereocenters. The minimum absolute atomic E-state index is 0.0432. The average Bonchev–Trinajstić information content (AvgIpc) is 2.73. The van der Waals surface area contributed by atoms with Crippen LogP contribution in [0.25, 0.3) is 0 Å². The van der Waals surface area contributed by atoms with Crippen LogP contribution in [0.15, 0.2) is 30.3 Å². The molecule has 1 aromatic carbocycles. The minimum Gasteiger partial charge on any atom is -0.396 e. The van der Waals surface area contributed by atoms with Crippen LogP contribution < -0.4 is 0 Å². The van der Waals surface area contributed by atoms with E-state index in [1.165, 1.54) is 0 Å². The number of ether oxygens (including phenoxy) is 4. The maximum atomic E-state index is 9.47. The Morgan fingerprint density at radius 1 is 1.23 bits per heavy atom. The number of aliphatic hydroxyl groups excluding tert-OH is 1. The fraction of sp³-hybridized carbons (Fsp3) is 0.647. The van der Waals surface area contributed by atoms with Crippen LogP contribution >= 0.6 is 0 Å². The van der Waals surface area contributed by atoms with Crippen molar-refractivity contribution in [3.8, 4) is 0 Å². The molecule has 0 aromatic heterocycles. The molecular formula is C17H24O5. The number of rotatable bonds is 4. The highest BCUT2D eigenvalue weighted by Crippen LogP contribution is 2.36. The molecule has 0 radical (unpaired) electrons. The highest BCUT2D eigenvalue weighted by atomic mass is 16.8. The Balaban J connectivity index is 1.70. The molecule has 22 heavy (non-hydrogen) atoms. The molecule has 5 nitrogen and oxygen atoms in total. The van der Waals surface area contributed by atoms with Crippen molar-refractivity contribution in [2.75, 3.05) is 13.2 Å². The third-order valence-electron chi connectivity index (χ3n) is 4.08. The summed E-state index contributed by atoms with van der Waals surface area (Å²) in [5.41, 5.74) is 1.11. The molecule has 2 fully saturated rings. The van der Waals surface area contributed by atoms with Crippen molar-refractivity contribution in [1.29, 1.82) is 0 Å². The summed E-state index contributed by atoms with van der Waals surface area (Å²) in [6.07, 6.45) is -0.168. The van der Waals surface area contributed by atoms with Crippen LogP contribution in [-0.4, -0.2) is 42.6 Å². The third-order valence-corrected chi connectivity index (χ3v) is 4.08. The van der Waals surface area contributed by atoms with E-state index in [-0.39, 0.29) is 24.7 Å². The van der Waals surface area contributed by atoms with E-state index in [4.69, 9.17) is 18.9 Å². The second-order valence-electron chi connectivity index (χ2n) is 6.42. The molecule has 2 aliphatic rings. The zero-order valence-electron chi connectivity index (χ0n) is 13.1. The predicted molar refractivity (Wildman–Crippen MR) is 80.0 cm³/mol. The van der Waals surface area contributed by atoms with E-state index < -0.39 is 12.1 Å². The van der Waals surface area contributed by atoms with Crippen molar-refractivity contribution in [1.82, 2.24) is 0 Å². The van der Waals surface area contributed by atoms with Crippen molar-refractivity contribution in [3.05, 3.63) is 35.9 Å². The molecule has 3 rings (SSSR count). The van der Waals surface area contributed by atoms with E-state index in [1.54, 1.807) is 0 Å². The summed E-state index contributed by atoms with van der Waals surface area (Å²) in [5.74, 6) is -0.628. The van der Waals surface area contributed by atoms with Gasteiger partial charge in [-0.05, 0) is 25.8 Å². The number of hydrogen-bond acceptors (Lipinski definition) is 5. The van der Waals surface area contributed by atoms with Crippen molar-refractivity contribution in [3.63, 3.8) is 0 Å². The van der Waals surface area contributed by atoms with Gasteiger partial charge < -0.3 is 24.1 Å². The molecule has 0 bridgehead atoms. The van der Waals surface area contributed by atoms with Gasteiger partial charge in [0, 0.05) is 12.5 Å². The first-order chi connectivity index (χ1) is 10.6. The van der Waals surface area contributed by atoms with Crippen LogP contribution in [0.3, 0.4) is 0 Å². The summed E-state index contributed by atoms with van der Waals surface area (Å²) in [6.45, 7) is 4.80. The fourth-order valence-corrected chi connectivity index (χ4v) is 2.97. The summed E-state index contributed by atoms with van der Waals surface area (Å²) < 4.78 is 23.6. The summed E-state index contributed by atoms with van der Waals surface area (Å²) >= 11 is 0. The molecule has 0 aliphatic carbocycles. The molecule has 0 amide bonds. The molecule has 2 saturated heterocycles. The van der Waals surface area contributed by atoms with Crippen molar-refractivity contribution in [2.45, 2.75) is 51.2 Å². The van der Waals surface area contributed by atoms with Crippen LogP contribution in [-0.2, 0) is 25.6 Å². The second-order valence-corrected chi connectivity index (χ2v) is 6.42. The maximum Gasteiger partial charge on any atom is 0.189 e. The molecule has 2 heterocycles. The highest BCUT2D eigenvalue weighted by molar-refractivity contribution is 5.13. The lowest BCUT2D eigenvalue weighted by atomic mass is 10.0. The van der Waals surface area contributed by atoms with Gasteiger partial charge in [0.05, 0.1) is 19.3 Å². The molecule has 0 spiro atoms. The maximum absolute atomic E-state index is 9.47. The van der Waals surface area contributed by atoms with E-state index in [2.05, 4.69) is 0 Å². The van der Waals surface area contributed by atoms with Crippen molar-refractivity contribution >= 4 is 0 Å². The zero-order chi connectivity index (χ0) is 15.6. The number of hydrogen-bond donors (Lipinski definition) is 1. The lowest BCUT2D eigenvalue weighted by Gasteiger charge is -2.25. The first-order valence-corrected chi connectivity index (χ1v) is 7.81. The van der Waals surface area contributed by atoms with Gasteiger partial charge >= 0.3 is 0 Å². The summed E-state index contributed by atoms with van der Waals surface area (Å²) in [4.78, 5) is 0. The summed E-state index contributed by atoms with van der Waals surface area (Å²) in [6, 6.07) is 10.0. The second kappa shape index (κ2) is 6.64. The smallest absolute Gasteiger partial charge is 0.189 e. The summed E-state index contributed by atoms with van der Waals surface area (Å²) in [5, 5.41) is 9.47. The topological polar surface area (TPSA) is 57.2 Å². The first-order valence-electron chi connectivity index (χ1n) is 7.81. The predicted octanol–water partition coefficient (Wildman–Crippen LogP) is 2.08. The van der Waals surface area contributed by atoms with Gasteiger partial charge in [0.25, 0.3) is 0 Å². The van der Waals surface area contributed by atoms with Gasteiger partial charge in [-0.1, -0.05) is 30.3 Å². The monoisotopic (exact) mass is 308 g/mol. The quantitative estimate of drug-likeness (QED) is 0.923. The fourth-order valence-electron chi connectivity index (χ4n) is 2.97. The molecule has 1 aromatic rings. The van der Waals surface area contributed by atoms with Gasteiger partial charge in [-0.3, -0.25) is 0 Å². The Morgan fingerprint density at radius 3 is 2.73 bits per heavy atom. The van der Waals surface area contributed by atoms with Crippen LogP contribution in [0.5, 0.6) is 0 Å². The van der Waals surface area contributed by atoms with E-state index >= 15 is 0 Å². The third kappa shape index (κ3) is 3.67. The Morgan fingerprint density at radius 2 is 2.00 bits per heavy atom. The SMILES string of the molecule is CC1(C)OC2C(OCc3ccccc3)C[C@H](CO)CO[C@@H]2O1. The van der Waals surface area contributed by atoms with E-state index in [1.807, 2.05) is 44.2 Å². The zero-order valence-corrected chi connectivity index (χ0v) is 13.1. The molecule has 0 saturated carbocycles. The van der Waals surface area contributed by atoms with Crippen LogP contribution in [0.1, 0.15) is 25.8 Å². The number of benzene rings is 1. The molecule has 2 aliphatic heterocycles. The number of fused-ring (bicyclic) bond motifs is 1.